The monoisotopic (exact) mass is 485 g/mol. The van der Waals surface area contributed by atoms with Crippen LogP contribution in [0.5, 0.6) is 0 Å². The average molecular weight is 486 g/mol. The Kier molecular flexibility index (Phi) is 7.76. The summed E-state index contributed by atoms with van der Waals surface area (Å²) in [4.78, 5) is 39.9. The van der Waals surface area contributed by atoms with Crippen LogP contribution in [0.25, 0.3) is 0 Å². The topological polar surface area (TPSA) is 104 Å². The van der Waals surface area contributed by atoms with Gasteiger partial charge in [0.1, 0.15) is 10.9 Å². The molecule has 9 heteroatoms. The van der Waals surface area contributed by atoms with Crippen LogP contribution in [0, 0.1) is 6.92 Å². The Bertz CT molecular complexity index is 1190. The first-order chi connectivity index (χ1) is 16.0. The van der Waals surface area contributed by atoms with Crippen molar-refractivity contribution in [3.05, 3.63) is 65.2 Å². The van der Waals surface area contributed by atoms with E-state index in [2.05, 4.69) is 5.32 Å². The van der Waals surface area contributed by atoms with E-state index in [-0.39, 0.29) is 54.2 Å². The summed E-state index contributed by atoms with van der Waals surface area (Å²) in [6, 6.07) is 13.0. The van der Waals surface area contributed by atoms with Crippen LogP contribution in [0.2, 0.25) is 0 Å². The predicted molar refractivity (Wildman–Crippen MR) is 128 cm³/mol. The van der Waals surface area contributed by atoms with E-state index in [1.165, 1.54) is 17.0 Å². The van der Waals surface area contributed by atoms with Crippen LogP contribution < -0.4 is 5.32 Å². The maximum atomic E-state index is 13.2. The van der Waals surface area contributed by atoms with E-state index in [1.807, 2.05) is 45.0 Å². The molecule has 0 fully saturated rings. The number of amides is 3. The number of fused-ring (bicyclic) bond motifs is 1. The number of hydrogen-bond acceptors (Lipinski definition) is 5. The van der Waals surface area contributed by atoms with E-state index in [0.717, 1.165) is 15.4 Å². The summed E-state index contributed by atoms with van der Waals surface area (Å²) in [6.45, 7) is 7.48. The second-order valence-corrected chi connectivity index (χ2v) is 10.7. The first kappa shape index (κ1) is 25.4. The Hall–Kier alpha value is -3.20. The van der Waals surface area contributed by atoms with Crippen molar-refractivity contribution in [1.82, 2.24) is 14.5 Å². The molecule has 2 aromatic carbocycles. The molecule has 2 aromatic rings. The molecule has 0 bridgehead atoms. The van der Waals surface area contributed by atoms with E-state index < -0.39 is 22.0 Å². The van der Waals surface area contributed by atoms with Crippen LogP contribution in [-0.2, 0) is 26.2 Å². The molecule has 1 aliphatic rings. The lowest BCUT2D eigenvalue weighted by Gasteiger charge is -2.29. The zero-order valence-electron chi connectivity index (χ0n) is 19.9. The minimum atomic E-state index is -3.92. The molecule has 0 aromatic heterocycles. The highest BCUT2D eigenvalue weighted by Gasteiger charge is 2.40. The van der Waals surface area contributed by atoms with E-state index in [1.54, 1.807) is 19.1 Å². The van der Waals surface area contributed by atoms with Gasteiger partial charge in [0.05, 0.1) is 5.56 Å². The van der Waals surface area contributed by atoms with E-state index in [9.17, 15) is 22.8 Å². The van der Waals surface area contributed by atoms with Crippen molar-refractivity contribution in [3.8, 4) is 0 Å². The summed E-state index contributed by atoms with van der Waals surface area (Å²) in [5.74, 6) is -1.12. The lowest BCUT2D eigenvalue weighted by molar-refractivity contribution is -0.140. The summed E-state index contributed by atoms with van der Waals surface area (Å²) in [5, 5.41) is 2.84. The third-order valence-electron chi connectivity index (χ3n) is 5.70. The SMILES string of the molecule is Cc1cccc(CN(C(=O)CCCN2C(=O)c3ccccc3S2(=O)=O)C(C)C(=O)NC(C)C)c1. The minimum absolute atomic E-state index is 0.000753. The second-order valence-electron chi connectivity index (χ2n) is 8.83. The molecule has 8 nitrogen and oxygen atoms in total. The molecule has 1 N–H and O–H groups in total. The third-order valence-corrected chi connectivity index (χ3v) is 7.54. The fourth-order valence-electron chi connectivity index (χ4n) is 3.96. The Morgan fingerprint density at radius 2 is 1.76 bits per heavy atom. The van der Waals surface area contributed by atoms with Gasteiger partial charge in [-0.3, -0.25) is 14.4 Å². The van der Waals surface area contributed by atoms with Gasteiger partial charge >= 0.3 is 0 Å². The quantitative estimate of drug-likeness (QED) is 0.588. The Morgan fingerprint density at radius 3 is 2.41 bits per heavy atom. The molecular formula is C25H31N3O5S. The molecule has 0 spiro atoms. The Morgan fingerprint density at radius 1 is 1.06 bits per heavy atom. The van der Waals surface area contributed by atoms with Crippen LogP contribution in [0.15, 0.2) is 53.4 Å². The molecular weight excluding hydrogens is 454 g/mol. The maximum absolute atomic E-state index is 13.2. The molecule has 0 saturated heterocycles. The van der Waals surface area contributed by atoms with E-state index in [4.69, 9.17) is 0 Å². The molecule has 1 atom stereocenters. The molecule has 3 rings (SSSR count). The smallest absolute Gasteiger partial charge is 0.269 e. The van der Waals surface area contributed by atoms with Gasteiger partial charge in [-0.25, -0.2) is 12.7 Å². The molecule has 3 amide bonds. The summed E-state index contributed by atoms with van der Waals surface area (Å²) < 4.78 is 26.3. The Balaban J connectivity index is 1.71. The van der Waals surface area contributed by atoms with Gasteiger partial charge < -0.3 is 10.2 Å². The highest BCUT2D eigenvalue weighted by atomic mass is 32.2. The predicted octanol–water partition coefficient (Wildman–Crippen LogP) is 2.86. The molecule has 1 aliphatic heterocycles. The van der Waals surface area contributed by atoms with Crippen molar-refractivity contribution >= 4 is 27.7 Å². The number of benzene rings is 2. The second kappa shape index (κ2) is 10.4. The van der Waals surface area contributed by atoms with Crippen LogP contribution in [0.3, 0.4) is 0 Å². The highest BCUT2D eigenvalue weighted by Crippen LogP contribution is 2.30. The highest BCUT2D eigenvalue weighted by molar-refractivity contribution is 7.90. The average Bonchev–Trinajstić information content (AvgIpc) is 2.97. The van der Waals surface area contributed by atoms with Gasteiger partial charge in [0, 0.05) is 25.6 Å². The van der Waals surface area contributed by atoms with Crippen LogP contribution in [-0.4, -0.2) is 54.0 Å². The maximum Gasteiger partial charge on any atom is 0.269 e. The number of nitrogens with one attached hydrogen (secondary N) is 1. The van der Waals surface area contributed by atoms with Crippen molar-refractivity contribution < 1.29 is 22.8 Å². The lowest BCUT2D eigenvalue weighted by atomic mass is 10.1. The fraction of sp³-hybridized carbons (Fsp3) is 0.400. The van der Waals surface area contributed by atoms with Gasteiger partial charge in [-0.1, -0.05) is 42.0 Å². The number of hydrogen-bond donors (Lipinski definition) is 1. The molecule has 0 aliphatic carbocycles. The van der Waals surface area contributed by atoms with Crippen molar-refractivity contribution in [2.75, 3.05) is 6.54 Å². The van der Waals surface area contributed by atoms with Crippen molar-refractivity contribution in [2.24, 2.45) is 0 Å². The number of carbonyl (C=O) groups excluding carboxylic acids is 3. The van der Waals surface area contributed by atoms with Gasteiger partial charge in [0.15, 0.2) is 0 Å². The standard InChI is InChI=1S/C25H31N3O5S/c1-17(2)26-24(30)19(4)27(16-20-10-7-9-18(3)15-20)23(29)13-8-14-28-25(31)21-11-5-6-12-22(21)34(28,32)33/h5-7,9-12,15,17,19H,8,13-14,16H2,1-4H3,(H,26,30). The molecule has 182 valence electrons. The van der Waals surface area contributed by atoms with Crippen LogP contribution in [0.1, 0.15) is 55.1 Å². The minimum Gasteiger partial charge on any atom is -0.352 e. The zero-order valence-corrected chi connectivity index (χ0v) is 20.8. The summed E-state index contributed by atoms with van der Waals surface area (Å²) >= 11 is 0. The fourth-order valence-corrected chi connectivity index (χ4v) is 5.57. The number of aryl methyl sites for hydroxylation is 1. The van der Waals surface area contributed by atoms with Gasteiger partial charge in [-0.2, -0.15) is 0 Å². The van der Waals surface area contributed by atoms with E-state index >= 15 is 0 Å². The molecule has 0 radical (unpaired) electrons. The van der Waals surface area contributed by atoms with Gasteiger partial charge in [0.2, 0.25) is 11.8 Å². The van der Waals surface area contributed by atoms with Crippen LogP contribution in [0.4, 0.5) is 0 Å². The van der Waals surface area contributed by atoms with Crippen LogP contribution >= 0.6 is 0 Å². The molecule has 34 heavy (non-hydrogen) atoms. The third kappa shape index (κ3) is 5.47. The first-order valence-corrected chi connectivity index (χ1v) is 12.8. The largest absolute Gasteiger partial charge is 0.352 e. The van der Waals surface area contributed by atoms with Gasteiger partial charge in [0.25, 0.3) is 15.9 Å². The number of carbonyl (C=O) groups is 3. The van der Waals surface area contributed by atoms with Crippen molar-refractivity contribution in [2.45, 2.75) is 64.1 Å². The molecule has 0 saturated carbocycles. The number of nitrogens with zero attached hydrogens (tertiary/aromatic N) is 2. The van der Waals surface area contributed by atoms with Crippen molar-refractivity contribution in [3.63, 3.8) is 0 Å². The molecule has 1 heterocycles. The zero-order chi connectivity index (χ0) is 25.0. The number of sulfonamides is 1. The molecule has 1 unspecified atom stereocenters. The van der Waals surface area contributed by atoms with Gasteiger partial charge in [-0.05, 0) is 51.8 Å². The van der Waals surface area contributed by atoms with Gasteiger partial charge in [-0.15, -0.1) is 0 Å². The number of rotatable bonds is 9. The van der Waals surface area contributed by atoms with E-state index in [0.29, 0.717) is 0 Å². The summed E-state index contributed by atoms with van der Waals surface area (Å²) in [6.07, 6.45) is 0.154. The van der Waals surface area contributed by atoms with Crippen molar-refractivity contribution in [1.29, 1.82) is 0 Å². The lowest BCUT2D eigenvalue weighted by Crippen LogP contribution is -2.49. The first-order valence-electron chi connectivity index (χ1n) is 11.3. The Labute approximate surface area is 201 Å². The normalized spacial score (nSPS) is 15.2. The summed E-state index contributed by atoms with van der Waals surface area (Å²) in [5.41, 5.74) is 2.08. The summed E-state index contributed by atoms with van der Waals surface area (Å²) in [7, 11) is -3.92.